The van der Waals surface area contributed by atoms with Crippen molar-refractivity contribution in [3.05, 3.63) is 11.9 Å². The van der Waals surface area contributed by atoms with Crippen molar-refractivity contribution in [1.82, 2.24) is 9.97 Å². The molecular weight excluding hydrogens is 257 g/mol. The number of aromatic nitrogens is 2. The molecule has 0 aromatic carbocycles. The SMILES string of the molecule is CCNc1cc(NC(C)(C)CC)nc(C(F)(F)F)n1. The molecule has 1 aromatic rings. The maximum absolute atomic E-state index is 12.7. The molecule has 0 unspecified atom stereocenters. The summed E-state index contributed by atoms with van der Waals surface area (Å²) in [4.78, 5) is 7.00. The van der Waals surface area contributed by atoms with E-state index < -0.39 is 12.0 Å². The second-order valence-corrected chi connectivity index (χ2v) is 4.85. The molecule has 0 bridgehead atoms. The Morgan fingerprint density at radius 3 is 2.16 bits per heavy atom. The zero-order chi connectivity index (χ0) is 14.7. The van der Waals surface area contributed by atoms with Crippen LogP contribution in [0.3, 0.4) is 0 Å². The maximum Gasteiger partial charge on any atom is 0.451 e. The minimum Gasteiger partial charge on any atom is -0.370 e. The van der Waals surface area contributed by atoms with Gasteiger partial charge in [0.25, 0.3) is 0 Å². The largest absolute Gasteiger partial charge is 0.451 e. The van der Waals surface area contributed by atoms with Gasteiger partial charge >= 0.3 is 6.18 Å². The highest BCUT2D eigenvalue weighted by Crippen LogP contribution is 2.29. The molecule has 7 heteroatoms. The molecule has 0 atom stereocenters. The summed E-state index contributed by atoms with van der Waals surface area (Å²) in [5.41, 5.74) is -0.333. The van der Waals surface area contributed by atoms with Gasteiger partial charge in [-0.3, -0.25) is 0 Å². The Bertz CT molecular complexity index is 429. The highest BCUT2D eigenvalue weighted by atomic mass is 19.4. The fourth-order valence-electron chi connectivity index (χ4n) is 1.34. The fraction of sp³-hybridized carbons (Fsp3) is 0.667. The van der Waals surface area contributed by atoms with E-state index in [9.17, 15) is 13.2 Å². The van der Waals surface area contributed by atoms with Crippen molar-refractivity contribution in [2.24, 2.45) is 0 Å². The zero-order valence-electron chi connectivity index (χ0n) is 11.5. The first kappa shape index (κ1) is 15.5. The summed E-state index contributed by atoms with van der Waals surface area (Å²) in [5, 5.41) is 5.76. The molecule has 0 radical (unpaired) electrons. The van der Waals surface area contributed by atoms with Gasteiger partial charge in [0, 0.05) is 18.2 Å². The van der Waals surface area contributed by atoms with Crippen LogP contribution in [0.2, 0.25) is 0 Å². The maximum atomic E-state index is 12.7. The van der Waals surface area contributed by atoms with Crippen LogP contribution < -0.4 is 10.6 Å². The number of rotatable bonds is 5. The minimum absolute atomic E-state index is 0.166. The van der Waals surface area contributed by atoms with Crippen LogP contribution in [0.4, 0.5) is 24.8 Å². The van der Waals surface area contributed by atoms with Crippen LogP contribution in [0.1, 0.15) is 39.9 Å². The molecule has 19 heavy (non-hydrogen) atoms. The smallest absolute Gasteiger partial charge is 0.370 e. The summed E-state index contributed by atoms with van der Waals surface area (Å²) >= 11 is 0. The summed E-state index contributed by atoms with van der Waals surface area (Å²) in [6.45, 7) is 8.03. The number of hydrogen-bond acceptors (Lipinski definition) is 4. The molecule has 4 nitrogen and oxygen atoms in total. The first-order valence-electron chi connectivity index (χ1n) is 6.16. The standard InChI is InChI=1S/C12H19F3N4/c1-5-11(3,4)19-9-7-8(16-6-2)17-10(18-9)12(13,14)15/h7H,5-6H2,1-4H3,(H2,16,17,18,19). The first-order chi connectivity index (χ1) is 8.68. The van der Waals surface area contributed by atoms with E-state index in [4.69, 9.17) is 0 Å². The molecule has 0 amide bonds. The quantitative estimate of drug-likeness (QED) is 0.863. The molecule has 2 N–H and O–H groups in total. The topological polar surface area (TPSA) is 49.8 Å². The third kappa shape index (κ3) is 4.57. The Morgan fingerprint density at radius 1 is 1.11 bits per heavy atom. The highest BCUT2D eigenvalue weighted by Gasteiger charge is 2.35. The lowest BCUT2D eigenvalue weighted by Gasteiger charge is -2.25. The molecular formula is C12H19F3N4. The Balaban J connectivity index is 3.13. The van der Waals surface area contributed by atoms with Gasteiger partial charge in [-0.1, -0.05) is 6.92 Å². The molecule has 0 aliphatic carbocycles. The van der Waals surface area contributed by atoms with Gasteiger partial charge in [0.2, 0.25) is 5.82 Å². The molecule has 1 heterocycles. The van der Waals surface area contributed by atoms with Crippen molar-refractivity contribution < 1.29 is 13.2 Å². The predicted molar refractivity (Wildman–Crippen MR) is 69.2 cm³/mol. The second kappa shape index (κ2) is 5.63. The number of anilines is 2. The molecule has 108 valence electrons. The van der Waals surface area contributed by atoms with Gasteiger partial charge in [0.05, 0.1) is 0 Å². The lowest BCUT2D eigenvalue weighted by molar-refractivity contribution is -0.144. The fourth-order valence-corrected chi connectivity index (χ4v) is 1.34. The van der Waals surface area contributed by atoms with Crippen LogP contribution in [0, 0.1) is 0 Å². The number of alkyl halides is 3. The van der Waals surface area contributed by atoms with Gasteiger partial charge in [-0.25, -0.2) is 9.97 Å². The molecule has 0 saturated carbocycles. The average Bonchev–Trinajstić information content (AvgIpc) is 2.27. The van der Waals surface area contributed by atoms with Crippen molar-refractivity contribution >= 4 is 11.6 Å². The number of nitrogens with one attached hydrogen (secondary N) is 2. The average molecular weight is 276 g/mol. The van der Waals surface area contributed by atoms with E-state index in [2.05, 4.69) is 20.6 Å². The van der Waals surface area contributed by atoms with Crippen molar-refractivity contribution in [3.8, 4) is 0 Å². The van der Waals surface area contributed by atoms with Crippen molar-refractivity contribution in [1.29, 1.82) is 0 Å². The van der Waals surface area contributed by atoms with Crippen molar-refractivity contribution in [3.63, 3.8) is 0 Å². The van der Waals surface area contributed by atoms with Gasteiger partial charge in [-0.2, -0.15) is 13.2 Å². The Hall–Kier alpha value is -1.53. The highest BCUT2D eigenvalue weighted by molar-refractivity contribution is 5.49. The zero-order valence-corrected chi connectivity index (χ0v) is 11.5. The van der Waals surface area contributed by atoms with Crippen LogP contribution in [-0.4, -0.2) is 22.1 Å². The number of nitrogens with zero attached hydrogens (tertiary/aromatic N) is 2. The van der Waals surface area contributed by atoms with E-state index in [0.717, 1.165) is 6.42 Å². The molecule has 0 saturated heterocycles. The second-order valence-electron chi connectivity index (χ2n) is 4.85. The van der Waals surface area contributed by atoms with Crippen LogP contribution in [0.5, 0.6) is 0 Å². The van der Waals surface area contributed by atoms with Crippen molar-refractivity contribution in [2.45, 2.75) is 45.8 Å². The summed E-state index contributed by atoms with van der Waals surface area (Å²) in [7, 11) is 0. The Kier molecular flexibility index (Phi) is 4.60. The lowest BCUT2D eigenvalue weighted by Crippen LogP contribution is -2.30. The minimum atomic E-state index is -4.56. The molecule has 0 aliphatic heterocycles. The van der Waals surface area contributed by atoms with Crippen molar-refractivity contribution in [2.75, 3.05) is 17.2 Å². The monoisotopic (exact) mass is 276 g/mol. The molecule has 1 aromatic heterocycles. The Morgan fingerprint density at radius 2 is 1.68 bits per heavy atom. The summed E-state index contributed by atoms with van der Waals surface area (Å²) in [5.74, 6) is -0.801. The summed E-state index contributed by atoms with van der Waals surface area (Å²) in [6, 6.07) is 1.48. The first-order valence-corrected chi connectivity index (χ1v) is 6.16. The van der Waals surface area contributed by atoms with E-state index in [-0.39, 0.29) is 17.2 Å². The van der Waals surface area contributed by atoms with Crippen LogP contribution in [0.25, 0.3) is 0 Å². The molecule has 0 aliphatic rings. The third-order valence-corrected chi connectivity index (χ3v) is 2.69. The third-order valence-electron chi connectivity index (χ3n) is 2.69. The van der Waals surface area contributed by atoms with Gasteiger partial charge < -0.3 is 10.6 Å². The summed E-state index contributed by atoms with van der Waals surface area (Å²) in [6.07, 6.45) is -3.80. The van der Waals surface area contributed by atoms with Crippen LogP contribution in [-0.2, 0) is 6.18 Å². The normalized spacial score (nSPS) is 12.4. The van der Waals surface area contributed by atoms with Gasteiger partial charge in [-0.15, -0.1) is 0 Å². The number of halogens is 3. The van der Waals surface area contributed by atoms with Gasteiger partial charge in [0.15, 0.2) is 0 Å². The van der Waals surface area contributed by atoms with Gasteiger partial charge in [-0.05, 0) is 27.2 Å². The van der Waals surface area contributed by atoms with Crippen LogP contribution >= 0.6 is 0 Å². The number of hydrogen-bond donors (Lipinski definition) is 2. The summed E-state index contributed by atoms with van der Waals surface area (Å²) < 4.78 is 38.2. The molecule has 0 spiro atoms. The van der Waals surface area contributed by atoms with E-state index in [1.807, 2.05) is 20.8 Å². The van der Waals surface area contributed by atoms with E-state index in [1.54, 1.807) is 6.92 Å². The van der Waals surface area contributed by atoms with Crippen LogP contribution in [0.15, 0.2) is 6.07 Å². The lowest BCUT2D eigenvalue weighted by atomic mass is 10.0. The van der Waals surface area contributed by atoms with Gasteiger partial charge in [0.1, 0.15) is 11.6 Å². The van der Waals surface area contributed by atoms with E-state index in [0.29, 0.717) is 6.54 Å². The predicted octanol–water partition coefficient (Wildman–Crippen LogP) is 3.53. The molecule has 0 fully saturated rings. The Labute approximate surface area is 110 Å². The van der Waals surface area contributed by atoms with E-state index >= 15 is 0 Å². The van der Waals surface area contributed by atoms with E-state index in [1.165, 1.54) is 6.07 Å². The molecule has 1 rings (SSSR count).